The zero-order valence-corrected chi connectivity index (χ0v) is 8.17. The molecule has 2 rings (SSSR count). The van der Waals surface area contributed by atoms with Gasteiger partial charge in [0.2, 0.25) is 5.91 Å². The fourth-order valence-corrected chi connectivity index (χ4v) is 2.51. The first-order valence-corrected chi connectivity index (χ1v) is 5.41. The van der Waals surface area contributed by atoms with E-state index in [4.69, 9.17) is 5.73 Å². The van der Waals surface area contributed by atoms with Crippen LogP contribution in [0.4, 0.5) is 0 Å². The number of fused-ring (bicyclic) bond motifs is 1. The van der Waals surface area contributed by atoms with Crippen molar-refractivity contribution in [3.63, 3.8) is 0 Å². The standard InChI is InChI=1S/C8H6N2O4S/c9-7(11)4-1-2-5-6(3-4)15(13,14)10-8(5)12/h1-3H,(H2,9,11)(H,10,12). The zero-order chi connectivity index (χ0) is 11.2. The molecule has 1 heterocycles. The number of nitrogens with two attached hydrogens (primary N) is 1. The molecule has 0 spiro atoms. The Balaban J connectivity index is 2.73. The molecule has 2 amide bonds. The molecule has 0 saturated carbocycles. The van der Waals surface area contributed by atoms with Crippen molar-refractivity contribution in [3.8, 4) is 0 Å². The Kier molecular flexibility index (Phi) is 1.80. The van der Waals surface area contributed by atoms with Gasteiger partial charge in [0, 0.05) is 5.56 Å². The van der Waals surface area contributed by atoms with E-state index in [0.717, 1.165) is 6.07 Å². The number of hydrogen-bond donors (Lipinski definition) is 2. The smallest absolute Gasteiger partial charge is 0.266 e. The van der Waals surface area contributed by atoms with Crippen LogP contribution in [0, 0.1) is 0 Å². The number of nitrogens with one attached hydrogen (secondary N) is 1. The first kappa shape index (κ1) is 9.66. The van der Waals surface area contributed by atoms with Crippen molar-refractivity contribution in [1.29, 1.82) is 0 Å². The van der Waals surface area contributed by atoms with E-state index >= 15 is 0 Å². The summed E-state index contributed by atoms with van der Waals surface area (Å²) in [6, 6.07) is 3.65. The minimum absolute atomic E-state index is 0.0278. The maximum Gasteiger partial charge on any atom is 0.266 e. The lowest BCUT2D eigenvalue weighted by atomic mass is 10.1. The summed E-state index contributed by atoms with van der Waals surface area (Å²) in [6.07, 6.45) is 0. The highest BCUT2D eigenvalue weighted by Crippen LogP contribution is 2.23. The fraction of sp³-hybridized carbons (Fsp3) is 0. The van der Waals surface area contributed by atoms with Gasteiger partial charge in [-0.25, -0.2) is 13.1 Å². The number of sulfonamides is 1. The minimum atomic E-state index is -3.82. The summed E-state index contributed by atoms with van der Waals surface area (Å²) in [7, 11) is -3.82. The van der Waals surface area contributed by atoms with Crippen molar-refractivity contribution in [1.82, 2.24) is 4.72 Å². The Morgan fingerprint density at radius 3 is 2.60 bits per heavy atom. The predicted molar refractivity (Wildman–Crippen MR) is 49.6 cm³/mol. The average molecular weight is 226 g/mol. The van der Waals surface area contributed by atoms with Gasteiger partial charge in [0.25, 0.3) is 15.9 Å². The second kappa shape index (κ2) is 2.80. The van der Waals surface area contributed by atoms with Crippen LogP contribution in [0.25, 0.3) is 0 Å². The first-order valence-electron chi connectivity index (χ1n) is 3.93. The Morgan fingerprint density at radius 1 is 1.33 bits per heavy atom. The number of amides is 2. The monoisotopic (exact) mass is 226 g/mol. The number of hydrogen-bond acceptors (Lipinski definition) is 4. The summed E-state index contributed by atoms with van der Waals surface area (Å²) in [5.41, 5.74) is 5.07. The molecule has 3 N–H and O–H groups in total. The average Bonchev–Trinajstić information content (AvgIpc) is 2.37. The van der Waals surface area contributed by atoms with Crippen LogP contribution in [0.5, 0.6) is 0 Å². The van der Waals surface area contributed by atoms with Gasteiger partial charge >= 0.3 is 0 Å². The van der Waals surface area contributed by atoms with Crippen LogP contribution in [-0.2, 0) is 10.0 Å². The highest BCUT2D eigenvalue weighted by Gasteiger charge is 2.32. The molecule has 0 saturated heterocycles. The van der Waals surface area contributed by atoms with E-state index < -0.39 is 21.8 Å². The van der Waals surface area contributed by atoms with Crippen molar-refractivity contribution < 1.29 is 18.0 Å². The molecular weight excluding hydrogens is 220 g/mol. The second-order valence-electron chi connectivity index (χ2n) is 3.01. The van der Waals surface area contributed by atoms with Gasteiger partial charge in [0.05, 0.1) is 5.56 Å². The second-order valence-corrected chi connectivity index (χ2v) is 4.66. The molecule has 78 valence electrons. The molecule has 6 nitrogen and oxygen atoms in total. The molecule has 1 aliphatic heterocycles. The van der Waals surface area contributed by atoms with Gasteiger partial charge in [-0.15, -0.1) is 0 Å². The van der Waals surface area contributed by atoms with E-state index in [0.29, 0.717) is 0 Å². The van der Waals surface area contributed by atoms with Gasteiger partial charge in [0.1, 0.15) is 4.90 Å². The zero-order valence-electron chi connectivity index (χ0n) is 7.35. The van der Waals surface area contributed by atoms with E-state index in [1.807, 2.05) is 0 Å². The van der Waals surface area contributed by atoms with Crippen molar-refractivity contribution in [2.24, 2.45) is 5.73 Å². The van der Waals surface area contributed by atoms with E-state index in [1.165, 1.54) is 12.1 Å². The first-order chi connectivity index (χ1) is 6.92. The third kappa shape index (κ3) is 1.37. The third-order valence-corrected chi connectivity index (χ3v) is 3.40. The van der Waals surface area contributed by atoms with E-state index in [-0.39, 0.29) is 16.0 Å². The molecule has 0 aliphatic carbocycles. The van der Waals surface area contributed by atoms with Crippen molar-refractivity contribution in [3.05, 3.63) is 29.3 Å². The summed E-state index contributed by atoms with van der Waals surface area (Å²) in [6.45, 7) is 0. The Morgan fingerprint density at radius 2 is 2.00 bits per heavy atom. The summed E-state index contributed by atoms with van der Waals surface area (Å²) in [4.78, 5) is 21.8. The van der Waals surface area contributed by atoms with Crippen LogP contribution < -0.4 is 10.5 Å². The number of primary amides is 1. The largest absolute Gasteiger partial charge is 0.366 e. The highest BCUT2D eigenvalue weighted by molar-refractivity contribution is 7.90. The lowest BCUT2D eigenvalue weighted by molar-refractivity contribution is 0.0978. The van der Waals surface area contributed by atoms with Crippen LogP contribution in [0.1, 0.15) is 20.7 Å². The van der Waals surface area contributed by atoms with Gasteiger partial charge < -0.3 is 5.73 Å². The molecular formula is C8H6N2O4S. The minimum Gasteiger partial charge on any atom is -0.366 e. The molecule has 0 bridgehead atoms. The van der Waals surface area contributed by atoms with Crippen LogP contribution in [0.3, 0.4) is 0 Å². The SMILES string of the molecule is NC(=O)c1ccc2c(c1)S(=O)(=O)NC2=O. The van der Waals surface area contributed by atoms with E-state index in [1.54, 1.807) is 4.72 Å². The van der Waals surface area contributed by atoms with Crippen LogP contribution >= 0.6 is 0 Å². The number of rotatable bonds is 1. The van der Waals surface area contributed by atoms with Crippen molar-refractivity contribution in [2.45, 2.75) is 4.90 Å². The lowest BCUT2D eigenvalue weighted by Gasteiger charge is -1.97. The molecule has 15 heavy (non-hydrogen) atoms. The van der Waals surface area contributed by atoms with Crippen LogP contribution in [0.15, 0.2) is 23.1 Å². The van der Waals surface area contributed by atoms with Crippen molar-refractivity contribution >= 4 is 21.8 Å². The normalized spacial score (nSPS) is 16.9. The molecule has 1 aliphatic rings. The maximum atomic E-state index is 11.4. The lowest BCUT2D eigenvalue weighted by Crippen LogP contribution is -2.20. The van der Waals surface area contributed by atoms with Gasteiger partial charge in [-0.1, -0.05) is 0 Å². The molecule has 0 atom stereocenters. The Bertz CT molecular complexity index is 576. The number of carbonyl (C=O) groups excluding carboxylic acids is 2. The van der Waals surface area contributed by atoms with Gasteiger partial charge in [-0.05, 0) is 18.2 Å². The number of benzene rings is 1. The Labute approximate surface area is 85.1 Å². The maximum absolute atomic E-state index is 11.4. The summed E-state index contributed by atoms with van der Waals surface area (Å²) in [5.74, 6) is -1.44. The van der Waals surface area contributed by atoms with E-state index in [9.17, 15) is 18.0 Å². The molecule has 1 aromatic rings. The molecule has 0 radical (unpaired) electrons. The van der Waals surface area contributed by atoms with Gasteiger partial charge in [-0.2, -0.15) is 0 Å². The highest BCUT2D eigenvalue weighted by atomic mass is 32.2. The summed E-state index contributed by atoms with van der Waals surface area (Å²) in [5, 5.41) is 0. The summed E-state index contributed by atoms with van der Waals surface area (Å²) >= 11 is 0. The van der Waals surface area contributed by atoms with Crippen LogP contribution in [0.2, 0.25) is 0 Å². The quantitative estimate of drug-likeness (QED) is 0.654. The van der Waals surface area contributed by atoms with Gasteiger partial charge in [0.15, 0.2) is 0 Å². The van der Waals surface area contributed by atoms with Crippen molar-refractivity contribution in [2.75, 3.05) is 0 Å². The molecule has 0 unspecified atom stereocenters. The Hall–Kier alpha value is -1.89. The third-order valence-electron chi connectivity index (χ3n) is 2.03. The van der Waals surface area contributed by atoms with Gasteiger partial charge in [-0.3, -0.25) is 9.59 Å². The van der Waals surface area contributed by atoms with E-state index in [2.05, 4.69) is 0 Å². The number of carbonyl (C=O) groups is 2. The fourth-order valence-electron chi connectivity index (χ4n) is 1.32. The van der Waals surface area contributed by atoms with Crippen LogP contribution in [-0.4, -0.2) is 20.2 Å². The topological polar surface area (TPSA) is 106 Å². The molecule has 0 fully saturated rings. The molecule has 7 heteroatoms. The molecule has 0 aromatic heterocycles. The summed E-state index contributed by atoms with van der Waals surface area (Å²) < 4.78 is 24.5. The predicted octanol–water partition coefficient (Wildman–Crippen LogP) is -0.782. The molecule has 1 aromatic carbocycles.